The van der Waals surface area contributed by atoms with Gasteiger partial charge in [0.25, 0.3) is 0 Å². The second-order valence-electron chi connectivity index (χ2n) is 2.98. The number of benzene rings is 1. The molecule has 0 radical (unpaired) electrons. The number of hydrogen-bond donors (Lipinski definition) is 0. The summed E-state index contributed by atoms with van der Waals surface area (Å²) >= 11 is 5.82. The van der Waals surface area contributed by atoms with E-state index < -0.39 is 5.97 Å². The Morgan fingerprint density at radius 1 is 1.36 bits per heavy atom. The van der Waals surface area contributed by atoms with Crippen LogP contribution < -0.4 is 5.11 Å². The van der Waals surface area contributed by atoms with Crippen molar-refractivity contribution in [1.29, 1.82) is 0 Å². The lowest BCUT2D eigenvalue weighted by atomic mass is 10.1. The van der Waals surface area contributed by atoms with Crippen LogP contribution in [0.3, 0.4) is 0 Å². The third-order valence-corrected chi connectivity index (χ3v) is 2.33. The first-order chi connectivity index (χ1) is 6.61. The third-order valence-electron chi connectivity index (χ3n) is 1.92. The van der Waals surface area contributed by atoms with E-state index in [-0.39, 0.29) is 5.57 Å². The fourth-order valence-electron chi connectivity index (χ4n) is 1.02. The van der Waals surface area contributed by atoms with Crippen LogP contribution in [0.2, 0.25) is 0 Å². The number of carbonyl (C=O) groups excluding carboxylic acids is 1. The topological polar surface area (TPSA) is 40.1 Å². The number of hydrogen-bond acceptors (Lipinski definition) is 2. The van der Waals surface area contributed by atoms with Gasteiger partial charge in [-0.05, 0) is 18.1 Å². The van der Waals surface area contributed by atoms with Crippen molar-refractivity contribution in [3.05, 3.63) is 46.5 Å². The van der Waals surface area contributed by atoms with Crippen LogP contribution >= 0.6 is 11.6 Å². The van der Waals surface area contributed by atoms with Crippen molar-refractivity contribution < 1.29 is 9.90 Å². The summed E-state index contributed by atoms with van der Waals surface area (Å²) in [5.74, 6) is -1.22. The molecule has 1 aromatic carbocycles. The van der Waals surface area contributed by atoms with Gasteiger partial charge in [0, 0.05) is 11.5 Å². The summed E-state index contributed by atoms with van der Waals surface area (Å²) in [6.45, 7) is 1.45. The molecule has 2 nitrogen and oxygen atoms in total. The molecule has 0 fully saturated rings. The molecule has 0 amide bonds. The normalized spacial score (nSPS) is 12.1. The quantitative estimate of drug-likeness (QED) is 0.708. The van der Waals surface area contributed by atoms with Gasteiger partial charge in [-0.2, -0.15) is 0 Å². The van der Waals surface area contributed by atoms with Crippen LogP contribution in [0.4, 0.5) is 0 Å². The van der Waals surface area contributed by atoms with Crippen LogP contribution in [-0.2, 0) is 11.2 Å². The van der Waals surface area contributed by atoms with Crippen LogP contribution in [0.25, 0.3) is 0 Å². The Bertz CT molecular complexity index is 355. The molecule has 0 saturated heterocycles. The number of halogens is 1. The van der Waals surface area contributed by atoms with Gasteiger partial charge in [-0.15, -0.1) is 0 Å². The fourth-order valence-corrected chi connectivity index (χ4v) is 1.25. The molecule has 3 heteroatoms. The summed E-state index contributed by atoms with van der Waals surface area (Å²) in [5, 5.41) is 10.8. The first-order valence-electron chi connectivity index (χ1n) is 4.22. The van der Waals surface area contributed by atoms with Crippen LogP contribution in [0.15, 0.2) is 40.9 Å². The van der Waals surface area contributed by atoms with Gasteiger partial charge >= 0.3 is 0 Å². The van der Waals surface area contributed by atoms with E-state index in [1.54, 1.807) is 0 Å². The first kappa shape index (κ1) is 10.8. The van der Waals surface area contributed by atoms with Gasteiger partial charge in [-0.25, -0.2) is 0 Å². The second kappa shape index (κ2) is 4.82. The van der Waals surface area contributed by atoms with Gasteiger partial charge in [-0.1, -0.05) is 41.9 Å². The van der Waals surface area contributed by atoms with E-state index in [0.717, 1.165) is 5.56 Å². The van der Waals surface area contributed by atoms with Crippen molar-refractivity contribution in [3.8, 4) is 0 Å². The van der Waals surface area contributed by atoms with Crippen molar-refractivity contribution in [2.75, 3.05) is 0 Å². The lowest BCUT2D eigenvalue weighted by Crippen LogP contribution is -2.23. The number of carboxylic acids is 1. The smallest absolute Gasteiger partial charge is 0.0683 e. The van der Waals surface area contributed by atoms with Gasteiger partial charge in [0.1, 0.15) is 0 Å². The van der Waals surface area contributed by atoms with Crippen LogP contribution in [0.5, 0.6) is 0 Å². The number of carbonyl (C=O) groups is 1. The Balaban J connectivity index is 2.80. The summed E-state index contributed by atoms with van der Waals surface area (Å²) in [7, 11) is 0. The zero-order chi connectivity index (χ0) is 10.6. The van der Waals surface area contributed by atoms with Gasteiger partial charge in [0.05, 0.1) is 5.97 Å². The molecule has 74 valence electrons. The average molecular weight is 210 g/mol. The van der Waals surface area contributed by atoms with E-state index in [9.17, 15) is 9.90 Å². The predicted molar refractivity (Wildman–Crippen MR) is 53.7 cm³/mol. The SMILES string of the molecule is C/C(C(=O)[O-])=C(\Cl)Cc1ccccc1. The Hall–Kier alpha value is -1.28. The Morgan fingerprint density at radius 3 is 2.43 bits per heavy atom. The molecule has 0 N–H and O–H groups in total. The summed E-state index contributed by atoms with van der Waals surface area (Å²) < 4.78 is 0. The molecule has 14 heavy (non-hydrogen) atoms. The molecule has 0 unspecified atom stereocenters. The first-order valence-corrected chi connectivity index (χ1v) is 4.59. The van der Waals surface area contributed by atoms with Gasteiger partial charge in [-0.3, -0.25) is 0 Å². The van der Waals surface area contributed by atoms with Crippen LogP contribution in [0, 0.1) is 0 Å². The molecule has 1 rings (SSSR count). The van der Waals surface area contributed by atoms with Crippen molar-refractivity contribution in [3.63, 3.8) is 0 Å². The van der Waals surface area contributed by atoms with Crippen LogP contribution in [-0.4, -0.2) is 5.97 Å². The van der Waals surface area contributed by atoms with E-state index in [1.165, 1.54) is 6.92 Å². The number of carboxylic acid groups (broad SMARTS) is 1. The maximum absolute atomic E-state index is 10.5. The number of rotatable bonds is 3. The zero-order valence-corrected chi connectivity index (χ0v) is 8.54. The maximum atomic E-state index is 10.5. The molecule has 0 aliphatic heterocycles. The maximum Gasteiger partial charge on any atom is 0.0683 e. The highest BCUT2D eigenvalue weighted by atomic mass is 35.5. The summed E-state index contributed by atoms with van der Waals surface area (Å²) in [6.07, 6.45) is 0.433. The van der Waals surface area contributed by atoms with E-state index in [2.05, 4.69) is 0 Å². The molecule has 0 heterocycles. The largest absolute Gasteiger partial charge is 0.545 e. The number of aliphatic carboxylic acids is 1. The third kappa shape index (κ3) is 2.89. The molecule has 0 atom stereocenters. The second-order valence-corrected chi connectivity index (χ2v) is 3.44. The molecule has 0 aliphatic rings. The summed E-state index contributed by atoms with van der Waals surface area (Å²) in [5.41, 5.74) is 1.08. The van der Waals surface area contributed by atoms with E-state index in [0.29, 0.717) is 11.5 Å². The molecule has 0 spiro atoms. The molecule has 0 aliphatic carbocycles. The molecule has 1 aromatic rings. The Morgan fingerprint density at radius 2 is 1.93 bits per heavy atom. The number of allylic oxidation sites excluding steroid dienone is 1. The van der Waals surface area contributed by atoms with E-state index in [1.807, 2.05) is 30.3 Å². The zero-order valence-electron chi connectivity index (χ0n) is 7.79. The lowest BCUT2D eigenvalue weighted by Gasteiger charge is -2.06. The Labute approximate surface area is 87.8 Å². The van der Waals surface area contributed by atoms with Crippen molar-refractivity contribution in [2.24, 2.45) is 0 Å². The predicted octanol–water partition coefficient (Wildman–Crippen LogP) is 1.49. The van der Waals surface area contributed by atoms with Crippen LogP contribution in [0.1, 0.15) is 12.5 Å². The average Bonchev–Trinajstić information content (AvgIpc) is 2.18. The van der Waals surface area contributed by atoms with E-state index >= 15 is 0 Å². The van der Waals surface area contributed by atoms with Crippen molar-refractivity contribution in [1.82, 2.24) is 0 Å². The minimum atomic E-state index is -1.22. The highest BCUT2D eigenvalue weighted by molar-refractivity contribution is 6.31. The lowest BCUT2D eigenvalue weighted by molar-refractivity contribution is -0.299. The minimum Gasteiger partial charge on any atom is -0.545 e. The van der Waals surface area contributed by atoms with Gasteiger partial charge in [0.15, 0.2) is 0 Å². The van der Waals surface area contributed by atoms with E-state index in [4.69, 9.17) is 11.6 Å². The van der Waals surface area contributed by atoms with Gasteiger partial charge < -0.3 is 9.90 Å². The minimum absolute atomic E-state index is 0.0931. The summed E-state index contributed by atoms with van der Waals surface area (Å²) in [4.78, 5) is 10.5. The molecular weight excluding hydrogens is 200 g/mol. The van der Waals surface area contributed by atoms with Crippen molar-refractivity contribution >= 4 is 17.6 Å². The monoisotopic (exact) mass is 209 g/mol. The van der Waals surface area contributed by atoms with Crippen molar-refractivity contribution in [2.45, 2.75) is 13.3 Å². The summed E-state index contributed by atoms with van der Waals surface area (Å²) in [6, 6.07) is 9.45. The highest BCUT2D eigenvalue weighted by Gasteiger charge is 2.01. The highest BCUT2D eigenvalue weighted by Crippen LogP contribution is 2.15. The molecule has 0 aromatic heterocycles. The molecule has 0 saturated carbocycles. The molecule has 0 bridgehead atoms. The standard InChI is InChI=1S/C11H11ClO2/c1-8(11(13)14)10(12)7-9-5-3-2-4-6-9/h2-6H,7H2,1H3,(H,13,14)/p-1/b10-8+. The Kier molecular flexibility index (Phi) is 3.72. The molecular formula is C11H10ClO2-. The fraction of sp³-hybridized carbons (Fsp3) is 0.182. The van der Waals surface area contributed by atoms with Gasteiger partial charge in [0.2, 0.25) is 0 Å².